The van der Waals surface area contributed by atoms with Crippen LogP contribution < -0.4 is 5.32 Å². The van der Waals surface area contributed by atoms with Crippen LogP contribution in [0.4, 0.5) is 5.69 Å². The Morgan fingerprint density at radius 2 is 1.60 bits per heavy atom. The molecule has 8 heteroatoms. The minimum Gasteiger partial charge on any atom is -0.478 e. The number of hydrogen-bond donors (Lipinski definition) is 3. The van der Waals surface area contributed by atoms with Crippen molar-refractivity contribution in [1.29, 1.82) is 5.26 Å². The zero-order valence-electron chi connectivity index (χ0n) is 18.3. The number of anilines is 1. The molecule has 0 fully saturated rings. The first-order valence-corrected chi connectivity index (χ1v) is 10.5. The summed E-state index contributed by atoms with van der Waals surface area (Å²) < 4.78 is 1.92. The van der Waals surface area contributed by atoms with Gasteiger partial charge in [-0.2, -0.15) is 5.26 Å². The standard InChI is InChI=1S/C27H19N3O5/c28-14-20(25(31)29-22-8-4-7-19(13-22)27(34)35)12-21-16-30(24-10-2-1-9-23(21)24)15-17-5-3-6-18(11-17)26(32)33/h1-13,16H,15H2,(H,29,31)(H,32,33)(H,34,35)/b20-12-. The van der Waals surface area contributed by atoms with Crippen LogP contribution in [0.2, 0.25) is 0 Å². The molecule has 0 unspecified atom stereocenters. The predicted molar refractivity (Wildman–Crippen MR) is 130 cm³/mol. The number of hydrogen-bond acceptors (Lipinski definition) is 4. The summed E-state index contributed by atoms with van der Waals surface area (Å²) in [6, 6.07) is 21.8. The average Bonchev–Trinajstić information content (AvgIpc) is 3.19. The first-order valence-electron chi connectivity index (χ1n) is 10.5. The number of amides is 1. The molecular weight excluding hydrogens is 446 g/mol. The molecule has 0 atom stereocenters. The van der Waals surface area contributed by atoms with E-state index in [9.17, 15) is 24.8 Å². The molecule has 1 amide bonds. The van der Waals surface area contributed by atoms with E-state index in [-0.39, 0.29) is 22.4 Å². The second kappa shape index (κ2) is 9.77. The van der Waals surface area contributed by atoms with Crippen LogP contribution in [0, 0.1) is 11.3 Å². The number of nitrogens with one attached hydrogen (secondary N) is 1. The fourth-order valence-corrected chi connectivity index (χ4v) is 3.75. The van der Waals surface area contributed by atoms with Crippen molar-refractivity contribution in [3.05, 3.63) is 107 Å². The fourth-order valence-electron chi connectivity index (χ4n) is 3.75. The van der Waals surface area contributed by atoms with Gasteiger partial charge < -0.3 is 20.1 Å². The van der Waals surface area contributed by atoms with Crippen LogP contribution >= 0.6 is 0 Å². The predicted octanol–water partition coefficient (Wildman–Crippen LogP) is 4.63. The Morgan fingerprint density at radius 1 is 0.914 bits per heavy atom. The van der Waals surface area contributed by atoms with Gasteiger partial charge in [-0.3, -0.25) is 4.79 Å². The summed E-state index contributed by atoms with van der Waals surface area (Å²) in [5.41, 5.74) is 2.60. The third-order valence-corrected chi connectivity index (χ3v) is 5.38. The van der Waals surface area contributed by atoms with Crippen molar-refractivity contribution in [3.63, 3.8) is 0 Å². The van der Waals surface area contributed by atoms with Gasteiger partial charge in [0, 0.05) is 34.9 Å². The quantitative estimate of drug-likeness (QED) is 0.269. The second-order valence-corrected chi connectivity index (χ2v) is 7.74. The van der Waals surface area contributed by atoms with E-state index in [1.807, 2.05) is 41.0 Å². The zero-order chi connectivity index (χ0) is 24.9. The first-order chi connectivity index (χ1) is 16.9. The summed E-state index contributed by atoms with van der Waals surface area (Å²) in [5, 5.41) is 31.4. The lowest BCUT2D eigenvalue weighted by molar-refractivity contribution is -0.112. The third kappa shape index (κ3) is 5.10. The number of nitrogens with zero attached hydrogens (tertiary/aromatic N) is 2. The maximum absolute atomic E-state index is 12.8. The van der Waals surface area contributed by atoms with E-state index in [4.69, 9.17) is 5.11 Å². The number of carboxylic acid groups (broad SMARTS) is 2. The molecule has 0 aliphatic heterocycles. The van der Waals surface area contributed by atoms with E-state index < -0.39 is 17.8 Å². The molecule has 0 spiro atoms. The molecule has 172 valence electrons. The fraction of sp³-hybridized carbons (Fsp3) is 0.0370. The minimum absolute atomic E-state index is 0.0142. The molecule has 0 saturated heterocycles. The smallest absolute Gasteiger partial charge is 0.335 e. The summed E-state index contributed by atoms with van der Waals surface area (Å²) in [6.45, 7) is 0.394. The summed E-state index contributed by atoms with van der Waals surface area (Å²) in [7, 11) is 0. The van der Waals surface area contributed by atoms with Crippen LogP contribution in [-0.2, 0) is 11.3 Å². The second-order valence-electron chi connectivity index (χ2n) is 7.74. The molecular formula is C27H19N3O5. The number of carbonyl (C=O) groups is 3. The number of benzene rings is 3. The van der Waals surface area contributed by atoms with Gasteiger partial charge >= 0.3 is 11.9 Å². The lowest BCUT2D eigenvalue weighted by atomic mass is 10.1. The SMILES string of the molecule is N#C/C(=C/c1cn(Cc2cccc(C(=O)O)c2)c2ccccc12)C(=O)Nc1cccc(C(=O)O)c1. The Morgan fingerprint density at radius 3 is 2.31 bits per heavy atom. The van der Waals surface area contributed by atoms with Crippen molar-refractivity contribution in [1.82, 2.24) is 4.57 Å². The van der Waals surface area contributed by atoms with E-state index in [1.165, 1.54) is 36.4 Å². The minimum atomic E-state index is -1.13. The summed E-state index contributed by atoms with van der Waals surface area (Å²) in [4.78, 5) is 35.2. The molecule has 0 radical (unpaired) electrons. The van der Waals surface area contributed by atoms with Crippen LogP contribution in [0.1, 0.15) is 31.8 Å². The van der Waals surface area contributed by atoms with Gasteiger partial charge in [0.15, 0.2) is 0 Å². The highest BCUT2D eigenvalue weighted by molar-refractivity contribution is 6.11. The highest BCUT2D eigenvalue weighted by Gasteiger charge is 2.14. The van der Waals surface area contributed by atoms with E-state index in [0.29, 0.717) is 12.1 Å². The Labute approximate surface area is 200 Å². The number of carboxylic acids is 2. The molecule has 1 aromatic heterocycles. The van der Waals surface area contributed by atoms with Crippen molar-refractivity contribution in [2.24, 2.45) is 0 Å². The van der Waals surface area contributed by atoms with Crippen molar-refractivity contribution >= 4 is 40.5 Å². The summed E-state index contributed by atoms with van der Waals surface area (Å²) in [6.07, 6.45) is 3.27. The number of aromatic nitrogens is 1. The van der Waals surface area contributed by atoms with Gasteiger partial charge in [-0.1, -0.05) is 36.4 Å². The largest absolute Gasteiger partial charge is 0.478 e. The highest BCUT2D eigenvalue weighted by atomic mass is 16.4. The van der Waals surface area contributed by atoms with Gasteiger partial charge in [-0.25, -0.2) is 9.59 Å². The summed E-state index contributed by atoms with van der Waals surface area (Å²) in [5.74, 6) is -2.80. The van der Waals surface area contributed by atoms with E-state index in [2.05, 4.69) is 5.32 Å². The number of aromatic carboxylic acids is 2. The number of rotatable bonds is 7. The topological polar surface area (TPSA) is 132 Å². The Hall–Kier alpha value is -5.16. The van der Waals surface area contributed by atoms with Crippen LogP contribution in [0.25, 0.3) is 17.0 Å². The van der Waals surface area contributed by atoms with Crippen LogP contribution in [0.15, 0.2) is 84.6 Å². The van der Waals surface area contributed by atoms with Crippen molar-refractivity contribution < 1.29 is 24.6 Å². The van der Waals surface area contributed by atoms with E-state index in [1.54, 1.807) is 18.3 Å². The average molecular weight is 465 g/mol. The number of para-hydroxylation sites is 1. The number of carbonyl (C=O) groups excluding carboxylic acids is 1. The first kappa shape index (κ1) is 23.0. The van der Waals surface area contributed by atoms with Crippen LogP contribution in [0.3, 0.4) is 0 Å². The third-order valence-electron chi connectivity index (χ3n) is 5.38. The molecule has 8 nitrogen and oxygen atoms in total. The maximum Gasteiger partial charge on any atom is 0.335 e. The zero-order valence-corrected chi connectivity index (χ0v) is 18.3. The van der Waals surface area contributed by atoms with Gasteiger partial charge in [-0.05, 0) is 48.0 Å². The Kier molecular flexibility index (Phi) is 6.42. The van der Waals surface area contributed by atoms with E-state index >= 15 is 0 Å². The number of nitriles is 1. The molecule has 0 aliphatic rings. The molecule has 0 bridgehead atoms. The molecule has 1 heterocycles. The molecule has 0 saturated carbocycles. The lowest BCUT2D eigenvalue weighted by Gasteiger charge is -2.06. The van der Waals surface area contributed by atoms with Crippen molar-refractivity contribution in [2.45, 2.75) is 6.54 Å². The molecule has 35 heavy (non-hydrogen) atoms. The Balaban J connectivity index is 1.67. The normalized spacial score (nSPS) is 11.1. The maximum atomic E-state index is 12.8. The highest BCUT2D eigenvalue weighted by Crippen LogP contribution is 2.25. The lowest BCUT2D eigenvalue weighted by Crippen LogP contribution is -2.13. The molecule has 4 aromatic rings. The van der Waals surface area contributed by atoms with E-state index in [0.717, 1.165) is 16.5 Å². The molecule has 3 N–H and O–H groups in total. The molecule has 0 aliphatic carbocycles. The summed E-state index contributed by atoms with van der Waals surface area (Å²) >= 11 is 0. The van der Waals surface area contributed by atoms with Crippen LogP contribution in [-0.4, -0.2) is 32.6 Å². The van der Waals surface area contributed by atoms with Gasteiger partial charge in [0.05, 0.1) is 11.1 Å². The molecule has 4 rings (SSSR count). The van der Waals surface area contributed by atoms with Crippen molar-refractivity contribution in [2.75, 3.05) is 5.32 Å². The van der Waals surface area contributed by atoms with Gasteiger partial charge in [-0.15, -0.1) is 0 Å². The van der Waals surface area contributed by atoms with Gasteiger partial charge in [0.25, 0.3) is 5.91 Å². The number of fused-ring (bicyclic) bond motifs is 1. The van der Waals surface area contributed by atoms with Gasteiger partial charge in [0.2, 0.25) is 0 Å². The Bertz CT molecular complexity index is 1540. The monoisotopic (exact) mass is 465 g/mol. The molecule has 3 aromatic carbocycles. The van der Waals surface area contributed by atoms with Crippen molar-refractivity contribution in [3.8, 4) is 6.07 Å². The van der Waals surface area contributed by atoms with Crippen LogP contribution in [0.5, 0.6) is 0 Å². The van der Waals surface area contributed by atoms with Gasteiger partial charge in [0.1, 0.15) is 11.6 Å².